The van der Waals surface area contributed by atoms with Gasteiger partial charge in [-0.3, -0.25) is 0 Å². The summed E-state index contributed by atoms with van der Waals surface area (Å²) in [5.74, 6) is 1.30. The van der Waals surface area contributed by atoms with Crippen LogP contribution >= 0.6 is 11.6 Å². The van der Waals surface area contributed by atoms with Crippen LogP contribution in [0.2, 0.25) is 5.02 Å². The molecule has 0 saturated carbocycles. The Bertz CT molecular complexity index is 813. The quantitative estimate of drug-likeness (QED) is 0.583. The predicted molar refractivity (Wildman–Crippen MR) is 93.9 cm³/mol. The van der Waals surface area contributed by atoms with Crippen LogP contribution in [0, 0.1) is 0 Å². The fraction of sp³-hybridized carbons (Fsp3) is 0.211. The number of para-hydroxylation sites is 1. The van der Waals surface area contributed by atoms with Gasteiger partial charge in [0.15, 0.2) is 0 Å². The summed E-state index contributed by atoms with van der Waals surface area (Å²) >= 11 is 6.15. The molecule has 0 bridgehead atoms. The van der Waals surface area contributed by atoms with E-state index in [0.717, 1.165) is 23.4 Å². The first-order chi connectivity index (χ1) is 10.8. The highest BCUT2D eigenvalue weighted by Gasteiger charge is 2.51. The molecule has 3 rings (SSSR count). The smallest absolute Gasteiger partial charge is 0.311 e. The van der Waals surface area contributed by atoms with Crippen LogP contribution in [0.1, 0.15) is 19.4 Å². The van der Waals surface area contributed by atoms with Crippen molar-refractivity contribution in [3.05, 3.63) is 65.3 Å². The molecule has 4 heteroatoms. The van der Waals surface area contributed by atoms with Crippen molar-refractivity contribution in [2.24, 2.45) is 0 Å². The molecule has 23 heavy (non-hydrogen) atoms. The minimum Gasteiger partial charge on any atom is -0.456 e. The van der Waals surface area contributed by atoms with E-state index in [1.54, 1.807) is 6.07 Å². The number of benzene rings is 2. The first kappa shape index (κ1) is 15.8. The second-order valence-electron chi connectivity index (χ2n) is 6.46. The van der Waals surface area contributed by atoms with Crippen molar-refractivity contribution >= 4 is 23.7 Å². The van der Waals surface area contributed by atoms with Crippen LogP contribution < -0.4 is 9.22 Å². The van der Waals surface area contributed by atoms with Crippen LogP contribution in [-0.4, -0.2) is 13.5 Å². The number of hydrogen-bond acceptors (Lipinski definition) is 2. The first-order valence-corrected chi connectivity index (χ1v) is 7.78. The Hall–Kier alpha value is -2.10. The zero-order chi connectivity index (χ0) is 16.8. The molecular formula is C19H19ClNO2+. The molecule has 0 spiro atoms. The lowest BCUT2D eigenvalue weighted by atomic mass is 9.84. The van der Waals surface area contributed by atoms with Gasteiger partial charge in [0.1, 0.15) is 22.9 Å². The standard InChI is InChI=1S/C19H19ClNO2/c1-13-19(2,3)15-11-14(9-10-17(15)21(13,4)12-22)23-18-8-6-5-7-16(18)20/h5-12H,1H2,2-4H3/q+1. The molecule has 1 unspecified atom stereocenters. The van der Waals surface area contributed by atoms with E-state index in [2.05, 4.69) is 20.4 Å². The van der Waals surface area contributed by atoms with Gasteiger partial charge in [0.25, 0.3) is 0 Å². The van der Waals surface area contributed by atoms with Gasteiger partial charge in [-0.05, 0) is 44.7 Å². The van der Waals surface area contributed by atoms with Gasteiger partial charge in [-0.25, -0.2) is 9.28 Å². The molecule has 0 saturated heterocycles. The molecule has 0 aliphatic carbocycles. The second-order valence-corrected chi connectivity index (χ2v) is 6.87. The molecule has 1 aliphatic rings. The number of carbonyl (C=O) groups is 1. The van der Waals surface area contributed by atoms with Crippen molar-refractivity contribution in [2.75, 3.05) is 7.05 Å². The highest BCUT2D eigenvalue weighted by Crippen LogP contribution is 2.51. The van der Waals surface area contributed by atoms with Gasteiger partial charge in [-0.15, -0.1) is 0 Å². The lowest BCUT2D eigenvalue weighted by Crippen LogP contribution is -2.42. The van der Waals surface area contributed by atoms with Gasteiger partial charge in [-0.1, -0.05) is 23.7 Å². The fourth-order valence-electron chi connectivity index (χ4n) is 3.14. The predicted octanol–water partition coefficient (Wildman–Crippen LogP) is 5.03. The van der Waals surface area contributed by atoms with Crippen LogP contribution in [0.15, 0.2) is 54.7 Å². The highest BCUT2D eigenvalue weighted by atomic mass is 35.5. The molecule has 1 atom stereocenters. The van der Waals surface area contributed by atoms with E-state index in [1.807, 2.05) is 43.4 Å². The van der Waals surface area contributed by atoms with Gasteiger partial charge in [-0.2, -0.15) is 0 Å². The Labute approximate surface area is 141 Å². The van der Waals surface area contributed by atoms with Crippen molar-refractivity contribution in [2.45, 2.75) is 19.3 Å². The van der Waals surface area contributed by atoms with Crippen LogP contribution in [0.4, 0.5) is 5.69 Å². The molecule has 0 N–H and O–H groups in total. The minimum absolute atomic E-state index is 0.0920. The molecule has 118 valence electrons. The number of fused-ring (bicyclic) bond motifs is 1. The number of nitrogens with zero attached hydrogens (tertiary/aromatic N) is 1. The highest BCUT2D eigenvalue weighted by molar-refractivity contribution is 6.32. The molecule has 3 nitrogen and oxygen atoms in total. The average Bonchev–Trinajstić information content (AvgIpc) is 2.69. The second kappa shape index (κ2) is 5.22. The molecule has 1 aliphatic heterocycles. The van der Waals surface area contributed by atoms with Crippen LogP contribution in [0.5, 0.6) is 11.5 Å². The van der Waals surface area contributed by atoms with Crippen LogP contribution in [0.25, 0.3) is 0 Å². The Balaban J connectivity index is 2.07. The van der Waals surface area contributed by atoms with Gasteiger partial charge in [0.2, 0.25) is 0 Å². The normalized spacial score (nSPS) is 21.8. The SMILES string of the molecule is C=C1C(C)(C)c2cc(Oc3ccccc3Cl)ccc2[N+]1(C)C=O. The maximum atomic E-state index is 11.7. The fourth-order valence-corrected chi connectivity index (χ4v) is 3.31. The van der Waals surface area contributed by atoms with Crippen molar-refractivity contribution in [3.63, 3.8) is 0 Å². The number of allylic oxidation sites excluding steroid dienone is 1. The van der Waals surface area contributed by atoms with Crippen LogP contribution in [-0.2, 0) is 10.2 Å². The van der Waals surface area contributed by atoms with E-state index >= 15 is 0 Å². The Kier molecular flexibility index (Phi) is 3.58. The maximum absolute atomic E-state index is 11.7. The Morgan fingerprint density at radius 2 is 1.91 bits per heavy atom. The van der Waals surface area contributed by atoms with Crippen molar-refractivity contribution in [1.82, 2.24) is 4.48 Å². The van der Waals surface area contributed by atoms with E-state index in [9.17, 15) is 4.79 Å². The minimum atomic E-state index is -0.315. The first-order valence-electron chi connectivity index (χ1n) is 7.40. The molecule has 1 heterocycles. The number of carbonyl (C=O) groups excluding carboxylic acids is 1. The molecular weight excluding hydrogens is 310 g/mol. The summed E-state index contributed by atoms with van der Waals surface area (Å²) in [6, 6.07) is 13.1. The van der Waals surface area contributed by atoms with Crippen LogP contribution in [0.3, 0.4) is 0 Å². The van der Waals surface area contributed by atoms with E-state index in [4.69, 9.17) is 16.3 Å². The summed E-state index contributed by atoms with van der Waals surface area (Å²) in [5.41, 5.74) is 2.51. The number of rotatable bonds is 3. The number of amides is 1. The third-order valence-electron chi connectivity index (χ3n) is 4.70. The van der Waals surface area contributed by atoms with Crippen molar-refractivity contribution < 1.29 is 9.53 Å². The summed E-state index contributed by atoms with van der Waals surface area (Å²) in [7, 11) is 1.86. The van der Waals surface area contributed by atoms with Gasteiger partial charge >= 0.3 is 6.41 Å². The molecule has 0 radical (unpaired) electrons. The summed E-state index contributed by atoms with van der Waals surface area (Å²) in [5, 5.41) is 0.560. The number of hydrogen-bond donors (Lipinski definition) is 0. The molecule has 0 fully saturated rings. The Morgan fingerprint density at radius 1 is 1.22 bits per heavy atom. The lowest BCUT2D eigenvalue weighted by Gasteiger charge is -2.25. The zero-order valence-corrected chi connectivity index (χ0v) is 14.2. The number of ether oxygens (including phenoxy) is 1. The zero-order valence-electron chi connectivity index (χ0n) is 13.5. The largest absolute Gasteiger partial charge is 0.456 e. The van der Waals surface area contributed by atoms with E-state index in [-0.39, 0.29) is 9.90 Å². The number of halogens is 1. The topological polar surface area (TPSA) is 26.3 Å². The lowest BCUT2D eigenvalue weighted by molar-refractivity contribution is -0.115. The van der Waals surface area contributed by atoms with Gasteiger partial charge in [0, 0.05) is 11.6 Å². The summed E-state index contributed by atoms with van der Waals surface area (Å²) < 4.78 is 6.00. The summed E-state index contributed by atoms with van der Waals surface area (Å²) in [4.78, 5) is 11.7. The number of likely N-dealkylation sites (N-methyl/N-ethyl adjacent to an activating group) is 1. The molecule has 0 aromatic heterocycles. The molecule has 1 amide bonds. The monoisotopic (exact) mass is 328 g/mol. The van der Waals surface area contributed by atoms with Gasteiger partial charge in [0.05, 0.1) is 17.5 Å². The molecule has 2 aromatic rings. The van der Waals surface area contributed by atoms with Gasteiger partial charge < -0.3 is 4.74 Å². The Morgan fingerprint density at radius 3 is 2.57 bits per heavy atom. The summed E-state index contributed by atoms with van der Waals surface area (Å²) in [6.45, 7) is 8.29. The van der Waals surface area contributed by atoms with E-state index in [1.165, 1.54) is 0 Å². The van der Waals surface area contributed by atoms with E-state index < -0.39 is 0 Å². The van der Waals surface area contributed by atoms with E-state index in [0.29, 0.717) is 16.5 Å². The third kappa shape index (κ3) is 2.28. The average molecular weight is 329 g/mol. The number of quaternary nitrogens is 1. The summed E-state index contributed by atoms with van der Waals surface area (Å²) in [6.07, 6.45) is 0.921. The third-order valence-corrected chi connectivity index (χ3v) is 5.01. The maximum Gasteiger partial charge on any atom is 0.311 e. The van der Waals surface area contributed by atoms with Crippen molar-refractivity contribution in [1.29, 1.82) is 0 Å². The molecule has 2 aromatic carbocycles. The van der Waals surface area contributed by atoms with Crippen molar-refractivity contribution in [3.8, 4) is 11.5 Å².